The zero-order chi connectivity index (χ0) is 11.0. The van der Waals surface area contributed by atoms with Crippen molar-refractivity contribution in [1.29, 1.82) is 0 Å². The summed E-state index contributed by atoms with van der Waals surface area (Å²) in [7, 11) is 0. The summed E-state index contributed by atoms with van der Waals surface area (Å²) < 4.78 is 4.79. The zero-order valence-electron chi connectivity index (χ0n) is 7.81. The second-order valence-electron chi connectivity index (χ2n) is 3.47. The number of hydrogen-bond donors (Lipinski definition) is 2. The maximum Gasteiger partial charge on any atom is 0.404 e. The lowest BCUT2D eigenvalue weighted by Crippen LogP contribution is -2.25. The van der Waals surface area contributed by atoms with Crippen molar-refractivity contribution >= 4 is 17.7 Å². The van der Waals surface area contributed by atoms with Gasteiger partial charge in [-0.1, -0.05) is 17.7 Å². The van der Waals surface area contributed by atoms with Crippen LogP contribution >= 0.6 is 11.6 Å². The summed E-state index contributed by atoms with van der Waals surface area (Å²) in [4.78, 5) is 10.6. The van der Waals surface area contributed by atoms with E-state index in [0.29, 0.717) is 17.0 Å². The molecular weight excluding hydrogens is 218 g/mol. The maximum atomic E-state index is 10.6. The molecule has 5 heteroatoms. The van der Waals surface area contributed by atoms with Gasteiger partial charge in [0.15, 0.2) is 0 Å². The van der Waals surface area contributed by atoms with E-state index in [4.69, 9.17) is 22.1 Å². The molecule has 3 N–H and O–H groups in total. The molecule has 80 valence electrons. The first-order chi connectivity index (χ1) is 7.08. The normalized spacial score (nSPS) is 23.6. The topological polar surface area (TPSA) is 72.6 Å². The Hall–Kier alpha value is -1.26. The molecular formula is C10H10ClNO3. The molecule has 1 aliphatic carbocycles. The second-order valence-corrected chi connectivity index (χ2v) is 3.90. The number of halogens is 1. The van der Waals surface area contributed by atoms with Crippen LogP contribution in [-0.4, -0.2) is 17.3 Å². The Morgan fingerprint density at radius 3 is 3.00 bits per heavy atom. The Balaban J connectivity index is 2.25. The van der Waals surface area contributed by atoms with Crippen molar-refractivity contribution in [1.82, 2.24) is 0 Å². The molecule has 2 rings (SSSR count). The molecule has 1 aromatic carbocycles. The van der Waals surface area contributed by atoms with Crippen molar-refractivity contribution in [3.63, 3.8) is 0 Å². The smallest absolute Gasteiger partial charge is 0.404 e. The highest BCUT2D eigenvalue weighted by Gasteiger charge is 2.33. The minimum absolute atomic E-state index is 0.469. The fraction of sp³-hybridized carbons (Fsp3) is 0.300. The highest BCUT2D eigenvalue weighted by Crippen LogP contribution is 2.34. The van der Waals surface area contributed by atoms with Gasteiger partial charge in [-0.2, -0.15) is 0 Å². The van der Waals surface area contributed by atoms with Crippen LogP contribution in [0.2, 0.25) is 5.02 Å². The lowest BCUT2D eigenvalue weighted by Gasteiger charge is -2.14. The number of carbonyl (C=O) groups is 1. The third-order valence-corrected chi connectivity index (χ3v) is 2.70. The number of hydrogen-bond acceptors (Lipinski definition) is 3. The first kappa shape index (κ1) is 10.3. The molecule has 0 saturated heterocycles. The van der Waals surface area contributed by atoms with Gasteiger partial charge in [0, 0.05) is 11.4 Å². The summed E-state index contributed by atoms with van der Waals surface area (Å²) in [5, 5.41) is 10.4. The highest BCUT2D eigenvalue weighted by atomic mass is 35.5. The van der Waals surface area contributed by atoms with Crippen LogP contribution in [0, 0.1) is 0 Å². The number of rotatable bonds is 1. The number of ether oxygens (including phenoxy) is 1. The molecule has 0 bridgehead atoms. The zero-order valence-corrected chi connectivity index (χ0v) is 8.57. The SMILES string of the molecule is NC(=O)O[C@H]1Cc2ccc(Cl)cc2[C@H]1O. The lowest BCUT2D eigenvalue weighted by molar-refractivity contribution is 0.0171. The number of primary amides is 1. The molecule has 0 radical (unpaired) electrons. The van der Waals surface area contributed by atoms with Crippen molar-refractivity contribution in [2.45, 2.75) is 18.6 Å². The van der Waals surface area contributed by atoms with E-state index in [1.807, 2.05) is 6.07 Å². The van der Waals surface area contributed by atoms with Gasteiger partial charge in [-0.15, -0.1) is 0 Å². The van der Waals surface area contributed by atoms with E-state index in [0.717, 1.165) is 5.56 Å². The predicted octanol–water partition coefficient (Wildman–Crippen LogP) is 1.39. The van der Waals surface area contributed by atoms with Crippen molar-refractivity contribution in [2.24, 2.45) is 5.73 Å². The number of amides is 1. The van der Waals surface area contributed by atoms with Crippen LogP contribution in [0.25, 0.3) is 0 Å². The maximum absolute atomic E-state index is 10.6. The van der Waals surface area contributed by atoms with Gasteiger partial charge in [-0.25, -0.2) is 4.79 Å². The predicted molar refractivity (Wildman–Crippen MR) is 54.6 cm³/mol. The van der Waals surface area contributed by atoms with E-state index in [1.54, 1.807) is 12.1 Å². The van der Waals surface area contributed by atoms with Crippen LogP contribution in [-0.2, 0) is 11.2 Å². The quantitative estimate of drug-likeness (QED) is 0.762. The molecule has 1 amide bonds. The molecule has 0 fully saturated rings. The van der Waals surface area contributed by atoms with Gasteiger partial charge in [-0.05, 0) is 23.3 Å². The Morgan fingerprint density at radius 2 is 2.33 bits per heavy atom. The van der Waals surface area contributed by atoms with Crippen LogP contribution < -0.4 is 5.73 Å². The minimum atomic E-state index is -0.877. The van der Waals surface area contributed by atoms with E-state index in [1.165, 1.54) is 0 Å². The van der Waals surface area contributed by atoms with Gasteiger partial charge in [0.2, 0.25) is 0 Å². The van der Waals surface area contributed by atoms with E-state index in [-0.39, 0.29) is 0 Å². The average Bonchev–Trinajstić information content (AvgIpc) is 2.44. The van der Waals surface area contributed by atoms with Gasteiger partial charge in [0.05, 0.1) is 0 Å². The second kappa shape index (κ2) is 3.72. The van der Waals surface area contributed by atoms with Crippen molar-refractivity contribution in [2.75, 3.05) is 0 Å². The van der Waals surface area contributed by atoms with Crippen LogP contribution in [0.15, 0.2) is 18.2 Å². The number of nitrogens with two attached hydrogens (primary N) is 1. The molecule has 0 saturated carbocycles. The fourth-order valence-corrected chi connectivity index (χ4v) is 1.99. The molecule has 1 aliphatic rings. The summed E-state index contributed by atoms with van der Waals surface area (Å²) in [6.45, 7) is 0. The van der Waals surface area contributed by atoms with E-state index < -0.39 is 18.3 Å². The Bertz CT molecular complexity index is 408. The molecule has 0 aliphatic heterocycles. The largest absolute Gasteiger partial charge is 0.443 e. The molecule has 0 unspecified atom stereocenters. The number of carbonyl (C=O) groups excluding carboxylic acids is 1. The molecule has 0 spiro atoms. The molecule has 2 atom stereocenters. The standard InChI is InChI=1S/C10H10ClNO3/c11-6-2-1-5-3-8(15-10(12)14)9(13)7(5)4-6/h1-2,4,8-9,13H,3H2,(H2,12,14)/t8-,9+/m0/s1. The number of aliphatic hydroxyl groups excluding tert-OH is 1. The first-order valence-electron chi connectivity index (χ1n) is 4.50. The minimum Gasteiger partial charge on any atom is -0.443 e. The van der Waals surface area contributed by atoms with Crippen molar-refractivity contribution in [3.05, 3.63) is 34.3 Å². The van der Waals surface area contributed by atoms with Gasteiger partial charge in [-0.3, -0.25) is 0 Å². The Labute approximate surface area is 91.6 Å². The van der Waals surface area contributed by atoms with Crippen LogP contribution in [0.1, 0.15) is 17.2 Å². The number of benzene rings is 1. The van der Waals surface area contributed by atoms with E-state index in [2.05, 4.69) is 0 Å². The Kier molecular flexibility index (Phi) is 2.54. The van der Waals surface area contributed by atoms with Crippen molar-refractivity contribution in [3.8, 4) is 0 Å². The third-order valence-electron chi connectivity index (χ3n) is 2.47. The van der Waals surface area contributed by atoms with Gasteiger partial charge in [0.1, 0.15) is 12.2 Å². The van der Waals surface area contributed by atoms with Crippen LogP contribution in [0.3, 0.4) is 0 Å². The van der Waals surface area contributed by atoms with Gasteiger partial charge >= 0.3 is 6.09 Å². The molecule has 4 nitrogen and oxygen atoms in total. The van der Waals surface area contributed by atoms with Crippen LogP contribution in [0.5, 0.6) is 0 Å². The summed E-state index contributed by atoms with van der Waals surface area (Å²) >= 11 is 5.80. The Morgan fingerprint density at radius 1 is 1.60 bits per heavy atom. The molecule has 0 heterocycles. The average molecular weight is 228 g/mol. The summed E-state index contributed by atoms with van der Waals surface area (Å²) in [6, 6.07) is 5.22. The van der Waals surface area contributed by atoms with E-state index in [9.17, 15) is 9.90 Å². The summed E-state index contributed by atoms with van der Waals surface area (Å²) in [6.07, 6.45) is -1.85. The van der Waals surface area contributed by atoms with Crippen molar-refractivity contribution < 1.29 is 14.6 Å². The third kappa shape index (κ3) is 1.91. The molecule has 15 heavy (non-hydrogen) atoms. The number of aliphatic hydroxyl groups is 1. The molecule has 0 aromatic heterocycles. The fourth-order valence-electron chi connectivity index (χ4n) is 1.81. The molecule has 1 aromatic rings. The van der Waals surface area contributed by atoms with E-state index >= 15 is 0 Å². The highest BCUT2D eigenvalue weighted by molar-refractivity contribution is 6.30. The monoisotopic (exact) mass is 227 g/mol. The summed E-state index contributed by atoms with van der Waals surface area (Å²) in [5.41, 5.74) is 6.53. The van der Waals surface area contributed by atoms with Gasteiger partial charge < -0.3 is 15.6 Å². The summed E-state index contributed by atoms with van der Waals surface area (Å²) in [5.74, 6) is 0. The lowest BCUT2D eigenvalue weighted by atomic mass is 10.1. The number of fused-ring (bicyclic) bond motifs is 1. The van der Waals surface area contributed by atoms with Gasteiger partial charge in [0.25, 0.3) is 0 Å². The van der Waals surface area contributed by atoms with Crippen LogP contribution in [0.4, 0.5) is 4.79 Å². The first-order valence-corrected chi connectivity index (χ1v) is 4.88.